The largest absolute Gasteiger partial charge is 0.333 e. The number of benzene rings is 1. The fourth-order valence-electron chi connectivity index (χ4n) is 1.83. The third-order valence-corrected chi connectivity index (χ3v) is 2.59. The summed E-state index contributed by atoms with van der Waals surface area (Å²) in [5.74, 6) is 0. The molecule has 2 heteroatoms. The lowest BCUT2D eigenvalue weighted by atomic mass is 10.1. The van der Waals surface area contributed by atoms with Gasteiger partial charge in [0.05, 0.1) is 0 Å². The first-order valence-electron chi connectivity index (χ1n) is 4.68. The highest BCUT2D eigenvalue weighted by atomic mass is 15.2. The van der Waals surface area contributed by atoms with Gasteiger partial charge in [-0.15, -0.1) is 0 Å². The van der Waals surface area contributed by atoms with Crippen molar-refractivity contribution in [3.05, 3.63) is 41.6 Å². The zero-order valence-electron chi connectivity index (χ0n) is 8.25. The summed E-state index contributed by atoms with van der Waals surface area (Å²) < 4.78 is 0. The van der Waals surface area contributed by atoms with Crippen LogP contribution in [-0.4, -0.2) is 6.54 Å². The van der Waals surface area contributed by atoms with Crippen LogP contribution in [0, 0.1) is 18.3 Å². The van der Waals surface area contributed by atoms with Gasteiger partial charge in [-0.25, -0.2) is 0 Å². The molecule has 2 nitrogen and oxygen atoms in total. The van der Waals surface area contributed by atoms with Gasteiger partial charge in [-0.1, -0.05) is 18.7 Å². The number of fused-ring (bicyclic) bond motifs is 1. The van der Waals surface area contributed by atoms with Gasteiger partial charge in [-0.05, 0) is 30.5 Å². The molecule has 1 heterocycles. The molecule has 1 aromatic rings. The molecule has 1 aliphatic rings. The number of aryl methyl sites for hydroxylation is 1. The van der Waals surface area contributed by atoms with Crippen LogP contribution in [0.25, 0.3) is 0 Å². The molecule has 0 N–H and O–H groups in total. The number of anilines is 1. The van der Waals surface area contributed by atoms with Gasteiger partial charge in [0.25, 0.3) is 0 Å². The molecule has 0 bridgehead atoms. The van der Waals surface area contributed by atoms with Gasteiger partial charge in [0, 0.05) is 12.2 Å². The molecule has 1 aliphatic heterocycles. The van der Waals surface area contributed by atoms with Gasteiger partial charge in [-0.3, -0.25) is 0 Å². The van der Waals surface area contributed by atoms with Crippen molar-refractivity contribution in [1.82, 2.24) is 0 Å². The van der Waals surface area contributed by atoms with Crippen LogP contribution >= 0.6 is 0 Å². The van der Waals surface area contributed by atoms with Crippen LogP contribution in [0.3, 0.4) is 0 Å². The molecule has 0 aliphatic carbocycles. The van der Waals surface area contributed by atoms with E-state index in [4.69, 9.17) is 5.26 Å². The Morgan fingerprint density at radius 1 is 1.57 bits per heavy atom. The summed E-state index contributed by atoms with van der Waals surface area (Å²) >= 11 is 0. The Labute approximate surface area is 84.1 Å². The second-order valence-electron chi connectivity index (χ2n) is 3.59. The molecule has 70 valence electrons. The van der Waals surface area contributed by atoms with Gasteiger partial charge in [-0.2, -0.15) is 5.26 Å². The molecule has 0 atom stereocenters. The van der Waals surface area contributed by atoms with Gasteiger partial charge in [0.1, 0.15) is 11.8 Å². The van der Waals surface area contributed by atoms with Crippen molar-refractivity contribution >= 4 is 5.69 Å². The Bertz CT molecular complexity index is 426. The smallest absolute Gasteiger partial charge is 0.117 e. The van der Waals surface area contributed by atoms with Crippen molar-refractivity contribution < 1.29 is 0 Å². The van der Waals surface area contributed by atoms with E-state index >= 15 is 0 Å². The van der Waals surface area contributed by atoms with Crippen molar-refractivity contribution in [1.29, 1.82) is 5.26 Å². The highest BCUT2D eigenvalue weighted by molar-refractivity contribution is 5.64. The molecular weight excluding hydrogens is 172 g/mol. The standard InChI is InChI=1S/C12H12N2/c1-9-3-4-11-5-6-14(10(2)8-13)12(11)7-9/h3-4,7H,2,5-6H2,1H3. The number of rotatable bonds is 1. The van der Waals surface area contributed by atoms with E-state index in [-0.39, 0.29) is 0 Å². The molecular formula is C12H12N2. The molecule has 0 amide bonds. The maximum absolute atomic E-state index is 8.80. The SMILES string of the molecule is C=C(C#N)N1CCc2ccc(C)cc21. The lowest BCUT2D eigenvalue weighted by molar-refractivity contribution is 0.970. The van der Waals surface area contributed by atoms with Crippen molar-refractivity contribution in [2.24, 2.45) is 0 Å². The minimum Gasteiger partial charge on any atom is -0.333 e. The minimum absolute atomic E-state index is 0.536. The Hall–Kier alpha value is -1.75. The predicted molar refractivity (Wildman–Crippen MR) is 57.0 cm³/mol. The van der Waals surface area contributed by atoms with Crippen LogP contribution in [0.2, 0.25) is 0 Å². The van der Waals surface area contributed by atoms with Gasteiger partial charge < -0.3 is 4.90 Å². The summed E-state index contributed by atoms with van der Waals surface area (Å²) in [4.78, 5) is 1.99. The topological polar surface area (TPSA) is 27.0 Å². The summed E-state index contributed by atoms with van der Waals surface area (Å²) in [5.41, 5.74) is 4.22. The maximum Gasteiger partial charge on any atom is 0.117 e. The fourth-order valence-corrected chi connectivity index (χ4v) is 1.83. The molecule has 0 spiro atoms. The highest BCUT2D eigenvalue weighted by Crippen LogP contribution is 2.30. The Kier molecular flexibility index (Phi) is 2.01. The number of nitriles is 1. The third-order valence-electron chi connectivity index (χ3n) is 2.59. The summed E-state index contributed by atoms with van der Waals surface area (Å²) in [5, 5.41) is 8.80. The molecule has 2 rings (SSSR count). The van der Waals surface area contributed by atoms with E-state index < -0.39 is 0 Å². The second kappa shape index (κ2) is 3.19. The zero-order valence-corrected chi connectivity index (χ0v) is 8.25. The minimum atomic E-state index is 0.536. The van der Waals surface area contributed by atoms with Crippen LogP contribution in [0.15, 0.2) is 30.5 Å². The van der Waals surface area contributed by atoms with E-state index in [1.54, 1.807) is 0 Å². The van der Waals surface area contributed by atoms with Gasteiger partial charge in [0.15, 0.2) is 0 Å². The first kappa shape index (κ1) is 8.83. The Balaban J connectivity index is 2.44. The van der Waals surface area contributed by atoms with Crippen molar-refractivity contribution in [3.8, 4) is 6.07 Å². The third kappa shape index (κ3) is 1.27. The first-order valence-corrected chi connectivity index (χ1v) is 4.68. The highest BCUT2D eigenvalue weighted by Gasteiger charge is 2.20. The molecule has 0 fully saturated rings. The van der Waals surface area contributed by atoms with Crippen LogP contribution in [0.4, 0.5) is 5.69 Å². The molecule has 1 aromatic carbocycles. The molecule has 0 saturated heterocycles. The van der Waals surface area contributed by atoms with Crippen molar-refractivity contribution in [3.63, 3.8) is 0 Å². The van der Waals surface area contributed by atoms with Crippen molar-refractivity contribution in [2.45, 2.75) is 13.3 Å². The Morgan fingerprint density at radius 3 is 3.07 bits per heavy atom. The number of allylic oxidation sites excluding steroid dienone is 1. The van der Waals surface area contributed by atoms with E-state index in [1.165, 1.54) is 11.1 Å². The number of hydrogen-bond donors (Lipinski definition) is 0. The van der Waals surface area contributed by atoms with Crippen molar-refractivity contribution in [2.75, 3.05) is 11.4 Å². The molecule has 0 aromatic heterocycles. The summed E-state index contributed by atoms with van der Waals surface area (Å²) in [6, 6.07) is 8.46. The molecule has 0 radical (unpaired) electrons. The lowest BCUT2D eigenvalue weighted by Gasteiger charge is -2.16. The Morgan fingerprint density at radius 2 is 2.36 bits per heavy atom. The average molecular weight is 184 g/mol. The summed E-state index contributed by atoms with van der Waals surface area (Å²) in [6.07, 6.45) is 1.01. The lowest BCUT2D eigenvalue weighted by Crippen LogP contribution is -2.17. The quantitative estimate of drug-likeness (QED) is 0.626. The number of nitrogens with zero attached hydrogens (tertiary/aromatic N) is 2. The second-order valence-corrected chi connectivity index (χ2v) is 3.59. The van der Waals surface area contributed by atoms with Crippen LogP contribution in [0.1, 0.15) is 11.1 Å². The monoisotopic (exact) mass is 184 g/mol. The molecule has 0 saturated carbocycles. The molecule has 0 unspecified atom stereocenters. The van der Waals surface area contributed by atoms with E-state index in [9.17, 15) is 0 Å². The normalized spacial score (nSPS) is 13.6. The first-order chi connectivity index (χ1) is 6.72. The van der Waals surface area contributed by atoms with E-state index in [1.807, 2.05) is 4.90 Å². The maximum atomic E-state index is 8.80. The zero-order chi connectivity index (χ0) is 10.1. The fraction of sp³-hybridized carbons (Fsp3) is 0.250. The number of hydrogen-bond acceptors (Lipinski definition) is 2. The summed E-state index contributed by atoms with van der Waals surface area (Å²) in [7, 11) is 0. The summed E-state index contributed by atoms with van der Waals surface area (Å²) in [6.45, 7) is 6.69. The van der Waals surface area contributed by atoms with Crippen LogP contribution in [-0.2, 0) is 6.42 Å². The predicted octanol–water partition coefficient (Wildman–Crippen LogP) is 2.39. The average Bonchev–Trinajstić information content (AvgIpc) is 2.59. The van der Waals surface area contributed by atoms with Gasteiger partial charge in [0.2, 0.25) is 0 Å². The van der Waals surface area contributed by atoms with Crippen LogP contribution < -0.4 is 4.90 Å². The van der Waals surface area contributed by atoms with Crippen LogP contribution in [0.5, 0.6) is 0 Å². The molecule has 14 heavy (non-hydrogen) atoms. The van der Waals surface area contributed by atoms with E-state index in [0.717, 1.165) is 18.7 Å². The van der Waals surface area contributed by atoms with E-state index in [2.05, 4.69) is 37.8 Å². The van der Waals surface area contributed by atoms with E-state index in [0.29, 0.717) is 5.70 Å². The van der Waals surface area contributed by atoms with Gasteiger partial charge >= 0.3 is 0 Å².